The lowest BCUT2D eigenvalue weighted by Gasteiger charge is -2.31. The first-order chi connectivity index (χ1) is 8.93. The van der Waals surface area contributed by atoms with Crippen LogP contribution in [0.1, 0.15) is 32.6 Å². The maximum Gasteiger partial charge on any atom is 0.238 e. The monoisotopic (exact) mass is 283 g/mol. The van der Waals surface area contributed by atoms with Crippen molar-refractivity contribution in [3.05, 3.63) is 18.2 Å². The third-order valence-electron chi connectivity index (χ3n) is 3.74. The van der Waals surface area contributed by atoms with Gasteiger partial charge < -0.3 is 10.6 Å². The molecule has 0 saturated heterocycles. The van der Waals surface area contributed by atoms with Gasteiger partial charge in [0, 0.05) is 12.6 Å². The SMILES string of the molecule is CCN(c1ccc(S(N)(=O)=O)cc1N)C1CCCC1. The Kier molecular flexibility index (Phi) is 4.01. The second-order valence-electron chi connectivity index (χ2n) is 4.99. The first-order valence-electron chi connectivity index (χ1n) is 6.62. The minimum absolute atomic E-state index is 0.0659. The average Bonchev–Trinajstić information content (AvgIpc) is 2.84. The van der Waals surface area contributed by atoms with Crippen LogP contribution in [0.15, 0.2) is 23.1 Å². The van der Waals surface area contributed by atoms with E-state index in [9.17, 15) is 8.42 Å². The molecule has 0 heterocycles. The van der Waals surface area contributed by atoms with Crippen molar-refractivity contribution >= 4 is 21.4 Å². The van der Waals surface area contributed by atoms with Crippen molar-refractivity contribution in [2.24, 2.45) is 5.14 Å². The van der Waals surface area contributed by atoms with Gasteiger partial charge >= 0.3 is 0 Å². The smallest absolute Gasteiger partial charge is 0.238 e. The first-order valence-corrected chi connectivity index (χ1v) is 8.17. The number of hydrogen-bond acceptors (Lipinski definition) is 4. The summed E-state index contributed by atoms with van der Waals surface area (Å²) in [6.07, 6.45) is 4.83. The third kappa shape index (κ3) is 3.01. The van der Waals surface area contributed by atoms with E-state index in [1.165, 1.54) is 37.8 Å². The Balaban J connectivity index is 2.33. The maximum absolute atomic E-state index is 11.3. The Morgan fingerprint density at radius 1 is 1.32 bits per heavy atom. The lowest BCUT2D eigenvalue weighted by Crippen LogP contribution is -2.33. The predicted octanol–water partition coefficient (Wildman–Crippen LogP) is 1.69. The normalized spacial score (nSPS) is 16.7. The molecule has 0 amide bonds. The van der Waals surface area contributed by atoms with Gasteiger partial charge in [0.25, 0.3) is 0 Å². The van der Waals surface area contributed by atoms with Gasteiger partial charge in [0.2, 0.25) is 10.0 Å². The number of anilines is 2. The standard InChI is InChI=1S/C13H21N3O2S/c1-2-16(10-5-3-4-6-10)13-8-7-11(9-12(13)14)19(15,17)18/h7-10H,2-6,14H2,1H3,(H2,15,17,18). The molecule has 6 heteroatoms. The quantitative estimate of drug-likeness (QED) is 0.823. The van der Waals surface area contributed by atoms with Crippen molar-refractivity contribution in [3.8, 4) is 0 Å². The second-order valence-corrected chi connectivity index (χ2v) is 6.55. The van der Waals surface area contributed by atoms with Crippen molar-refractivity contribution in [2.75, 3.05) is 17.2 Å². The van der Waals surface area contributed by atoms with Crippen molar-refractivity contribution in [3.63, 3.8) is 0 Å². The Hall–Kier alpha value is -1.27. The van der Waals surface area contributed by atoms with E-state index in [0.717, 1.165) is 12.2 Å². The summed E-state index contributed by atoms with van der Waals surface area (Å²) in [6.45, 7) is 2.95. The number of benzene rings is 1. The fourth-order valence-corrected chi connectivity index (χ4v) is 3.36. The van der Waals surface area contributed by atoms with Gasteiger partial charge in [-0.3, -0.25) is 0 Å². The molecule has 106 valence electrons. The summed E-state index contributed by atoms with van der Waals surface area (Å²) < 4.78 is 22.6. The molecule has 2 rings (SSSR count). The number of sulfonamides is 1. The van der Waals surface area contributed by atoms with E-state index in [-0.39, 0.29) is 4.90 Å². The molecule has 0 unspecified atom stereocenters. The zero-order valence-electron chi connectivity index (χ0n) is 11.2. The highest BCUT2D eigenvalue weighted by Crippen LogP contribution is 2.32. The lowest BCUT2D eigenvalue weighted by atomic mass is 10.1. The van der Waals surface area contributed by atoms with Crippen molar-refractivity contribution in [1.29, 1.82) is 0 Å². The van der Waals surface area contributed by atoms with Gasteiger partial charge in [-0.05, 0) is 38.0 Å². The minimum Gasteiger partial charge on any atom is -0.397 e. The molecule has 0 atom stereocenters. The highest BCUT2D eigenvalue weighted by atomic mass is 32.2. The van der Waals surface area contributed by atoms with Crippen LogP contribution in [-0.4, -0.2) is 21.0 Å². The summed E-state index contributed by atoms with van der Waals surface area (Å²) in [7, 11) is -3.69. The molecule has 0 aliphatic heterocycles. The highest BCUT2D eigenvalue weighted by Gasteiger charge is 2.23. The summed E-state index contributed by atoms with van der Waals surface area (Å²) in [6, 6.07) is 5.24. The zero-order valence-corrected chi connectivity index (χ0v) is 12.0. The number of nitrogens with zero attached hydrogens (tertiary/aromatic N) is 1. The molecule has 1 aliphatic rings. The van der Waals surface area contributed by atoms with Crippen LogP contribution in [-0.2, 0) is 10.0 Å². The van der Waals surface area contributed by atoms with E-state index in [1.807, 2.05) is 0 Å². The Labute approximate surface area is 114 Å². The zero-order chi connectivity index (χ0) is 14.0. The van der Waals surface area contributed by atoms with Crippen LogP contribution in [0.2, 0.25) is 0 Å². The van der Waals surface area contributed by atoms with Crippen LogP contribution in [0.4, 0.5) is 11.4 Å². The topological polar surface area (TPSA) is 89.4 Å². The molecule has 4 N–H and O–H groups in total. The second kappa shape index (κ2) is 5.38. The Morgan fingerprint density at radius 3 is 2.42 bits per heavy atom. The third-order valence-corrected chi connectivity index (χ3v) is 4.65. The van der Waals surface area contributed by atoms with E-state index >= 15 is 0 Å². The molecular formula is C13H21N3O2S. The summed E-state index contributed by atoms with van der Waals surface area (Å²) in [4.78, 5) is 2.33. The summed E-state index contributed by atoms with van der Waals surface area (Å²) in [5, 5.41) is 5.11. The van der Waals surface area contributed by atoms with Gasteiger partial charge in [0.1, 0.15) is 0 Å². The Bertz CT molecular complexity index is 551. The number of nitrogen functional groups attached to an aromatic ring is 1. The van der Waals surface area contributed by atoms with Crippen LogP contribution in [0, 0.1) is 0 Å². The van der Waals surface area contributed by atoms with E-state index in [1.54, 1.807) is 6.07 Å². The van der Waals surface area contributed by atoms with Gasteiger partial charge in [0.15, 0.2) is 0 Å². The first kappa shape index (κ1) is 14.1. The lowest BCUT2D eigenvalue weighted by molar-refractivity contribution is 0.597. The van der Waals surface area contributed by atoms with E-state index in [2.05, 4.69) is 11.8 Å². The van der Waals surface area contributed by atoms with Crippen LogP contribution in [0.25, 0.3) is 0 Å². The summed E-state index contributed by atoms with van der Waals surface area (Å²) in [5.74, 6) is 0. The molecule has 1 aromatic carbocycles. The number of nitrogens with two attached hydrogens (primary N) is 2. The van der Waals surface area contributed by atoms with Crippen LogP contribution in [0.5, 0.6) is 0 Å². The molecule has 5 nitrogen and oxygen atoms in total. The van der Waals surface area contributed by atoms with Crippen molar-refractivity contribution in [2.45, 2.75) is 43.5 Å². The Morgan fingerprint density at radius 2 is 1.95 bits per heavy atom. The van der Waals surface area contributed by atoms with Crippen molar-refractivity contribution < 1.29 is 8.42 Å². The molecule has 0 bridgehead atoms. The fraction of sp³-hybridized carbons (Fsp3) is 0.538. The molecule has 1 aromatic rings. The molecule has 1 fully saturated rings. The summed E-state index contributed by atoms with van der Waals surface area (Å²) in [5.41, 5.74) is 7.38. The number of hydrogen-bond donors (Lipinski definition) is 2. The van der Waals surface area contributed by atoms with E-state index in [0.29, 0.717) is 11.7 Å². The molecular weight excluding hydrogens is 262 g/mol. The molecule has 0 aromatic heterocycles. The number of rotatable bonds is 4. The molecule has 0 spiro atoms. The molecule has 0 radical (unpaired) electrons. The van der Waals surface area contributed by atoms with Crippen LogP contribution < -0.4 is 15.8 Å². The molecule has 1 saturated carbocycles. The van der Waals surface area contributed by atoms with Crippen LogP contribution in [0.3, 0.4) is 0 Å². The molecule has 1 aliphatic carbocycles. The van der Waals surface area contributed by atoms with Gasteiger partial charge in [-0.2, -0.15) is 0 Å². The predicted molar refractivity (Wildman–Crippen MR) is 77.5 cm³/mol. The average molecular weight is 283 g/mol. The fourth-order valence-electron chi connectivity index (χ4n) is 2.81. The van der Waals surface area contributed by atoms with Gasteiger partial charge in [0.05, 0.1) is 16.3 Å². The van der Waals surface area contributed by atoms with Gasteiger partial charge in [-0.1, -0.05) is 12.8 Å². The molecule has 19 heavy (non-hydrogen) atoms. The van der Waals surface area contributed by atoms with Gasteiger partial charge in [-0.15, -0.1) is 0 Å². The van der Waals surface area contributed by atoms with Crippen LogP contribution >= 0.6 is 0 Å². The van der Waals surface area contributed by atoms with E-state index in [4.69, 9.17) is 10.9 Å². The number of primary sulfonamides is 1. The van der Waals surface area contributed by atoms with E-state index < -0.39 is 10.0 Å². The van der Waals surface area contributed by atoms with Crippen molar-refractivity contribution in [1.82, 2.24) is 0 Å². The summed E-state index contributed by atoms with van der Waals surface area (Å²) >= 11 is 0. The van der Waals surface area contributed by atoms with Gasteiger partial charge in [-0.25, -0.2) is 13.6 Å². The minimum atomic E-state index is -3.69. The maximum atomic E-state index is 11.3. The largest absolute Gasteiger partial charge is 0.397 e. The highest BCUT2D eigenvalue weighted by molar-refractivity contribution is 7.89.